The van der Waals surface area contributed by atoms with Crippen LogP contribution in [0, 0.1) is 0 Å². The van der Waals surface area contributed by atoms with Gasteiger partial charge in [0.15, 0.2) is 0 Å². The molecule has 0 bridgehead atoms. The SMILES string of the molecule is CCCCCCCCCC[SiH2][SiH2][SiH2]CCCCCCCCCC. The van der Waals surface area contributed by atoms with Gasteiger partial charge in [-0.25, -0.2) is 0 Å². The summed E-state index contributed by atoms with van der Waals surface area (Å²) in [4.78, 5) is 0. The summed E-state index contributed by atoms with van der Waals surface area (Å²) in [5.74, 6) is 0. The lowest BCUT2D eigenvalue weighted by atomic mass is 10.1. The maximum absolute atomic E-state index is 2.31. The van der Waals surface area contributed by atoms with Crippen LogP contribution in [0.1, 0.15) is 117 Å². The van der Waals surface area contributed by atoms with Crippen molar-refractivity contribution in [3.63, 3.8) is 0 Å². The van der Waals surface area contributed by atoms with Crippen LogP contribution >= 0.6 is 0 Å². The molecular weight excluding hydrogens is 324 g/mol. The topological polar surface area (TPSA) is 0 Å². The molecule has 0 N–H and O–H groups in total. The van der Waals surface area contributed by atoms with Gasteiger partial charge in [0.05, 0.1) is 0 Å². The molecule has 0 radical (unpaired) electrons. The molecule has 0 aromatic carbocycles. The Balaban J connectivity index is 2.92. The van der Waals surface area contributed by atoms with Gasteiger partial charge in [-0.3, -0.25) is 0 Å². The van der Waals surface area contributed by atoms with E-state index in [2.05, 4.69) is 13.8 Å². The average molecular weight is 373 g/mol. The van der Waals surface area contributed by atoms with Crippen LogP contribution in [-0.2, 0) is 0 Å². The van der Waals surface area contributed by atoms with Gasteiger partial charge < -0.3 is 0 Å². The Labute approximate surface area is 155 Å². The fraction of sp³-hybridized carbons (Fsp3) is 1.00. The van der Waals surface area contributed by atoms with Crippen LogP contribution in [0.2, 0.25) is 12.1 Å². The summed E-state index contributed by atoms with van der Waals surface area (Å²) in [6, 6.07) is 3.46. The maximum atomic E-state index is 2.31. The predicted molar refractivity (Wildman–Crippen MR) is 120 cm³/mol. The van der Waals surface area contributed by atoms with E-state index in [1.807, 2.05) is 0 Å². The Bertz CT molecular complexity index is 177. The molecule has 0 aromatic heterocycles. The summed E-state index contributed by atoms with van der Waals surface area (Å²) in [6.45, 7) is 4.62. The highest BCUT2D eigenvalue weighted by atomic mass is 29.5. The molecule has 0 rings (SSSR count). The molecule has 0 aliphatic rings. The first-order valence-corrected chi connectivity index (χ1v) is 21.4. The van der Waals surface area contributed by atoms with Crippen LogP contribution in [-0.4, -0.2) is 26.6 Å². The van der Waals surface area contributed by atoms with E-state index >= 15 is 0 Å². The summed E-state index contributed by atoms with van der Waals surface area (Å²) in [5, 5.41) is 0. The first-order chi connectivity index (χ1) is 11.4. The minimum atomic E-state index is 0.511. The summed E-state index contributed by atoms with van der Waals surface area (Å²) < 4.78 is 0. The Morgan fingerprint density at radius 1 is 0.391 bits per heavy atom. The molecule has 0 saturated heterocycles. The summed E-state index contributed by atoms with van der Waals surface area (Å²) in [7, 11) is 1.61. The van der Waals surface area contributed by atoms with Crippen molar-refractivity contribution in [1.29, 1.82) is 0 Å². The van der Waals surface area contributed by atoms with Gasteiger partial charge in [0.1, 0.15) is 0 Å². The molecule has 0 aliphatic carbocycles. The minimum Gasteiger partial charge on any atom is -0.0654 e. The molecular formula is C20H48Si3. The second-order valence-corrected chi connectivity index (χ2v) is 24.0. The molecule has 0 saturated carbocycles. The molecule has 0 aromatic rings. The van der Waals surface area contributed by atoms with Gasteiger partial charge in [0.2, 0.25) is 0 Å². The molecule has 0 amide bonds. The van der Waals surface area contributed by atoms with Gasteiger partial charge >= 0.3 is 0 Å². The first kappa shape index (κ1) is 23.7. The van der Waals surface area contributed by atoms with Crippen molar-refractivity contribution in [2.75, 3.05) is 0 Å². The third-order valence-corrected chi connectivity index (χ3v) is 23.2. The lowest BCUT2D eigenvalue weighted by Crippen LogP contribution is -2.11. The van der Waals surface area contributed by atoms with Crippen LogP contribution in [0.3, 0.4) is 0 Å². The van der Waals surface area contributed by atoms with Crippen molar-refractivity contribution >= 4 is 26.6 Å². The van der Waals surface area contributed by atoms with Gasteiger partial charge in [0, 0.05) is 18.1 Å². The highest BCUT2D eigenvalue weighted by Gasteiger charge is 1.96. The van der Waals surface area contributed by atoms with Crippen LogP contribution in [0.4, 0.5) is 0 Å². The van der Waals surface area contributed by atoms with Crippen LogP contribution < -0.4 is 0 Å². The molecule has 0 heterocycles. The molecule has 0 nitrogen and oxygen atoms in total. The van der Waals surface area contributed by atoms with Crippen molar-refractivity contribution < 1.29 is 0 Å². The second-order valence-electron chi connectivity index (χ2n) is 7.72. The van der Waals surface area contributed by atoms with Gasteiger partial charge in [-0.05, 0) is 8.55 Å². The second kappa shape index (κ2) is 22.7. The molecule has 0 unspecified atom stereocenters. The minimum absolute atomic E-state index is 0.511. The Hall–Kier alpha value is 0.651. The van der Waals surface area contributed by atoms with E-state index in [4.69, 9.17) is 0 Å². The summed E-state index contributed by atoms with van der Waals surface area (Å²) >= 11 is 0. The lowest BCUT2D eigenvalue weighted by molar-refractivity contribution is 0.585. The van der Waals surface area contributed by atoms with Crippen LogP contribution in [0.5, 0.6) is 0 Å². The average Bonchev–Trinajstić information content (AvgIpc) is 2.57. The molecule has 23 heavy (non-hydrogen) atoms. The van der Waals surface area contributed by atoms with Gasteiger partial charge in [-0.1, -0.05) is 129 Å². The highest BCUT2D eigenvalue weighted by molar-refractivity contribution is 7.29. The van der Waals surface area contributed by atoms with E-state index in [1.54, 1.807) is 37.8 Å². The smallest absolute Gasteiger partial charge is 0.00493 e. The zero-order valence-electron chi connectivity index (χ0n) is 16.8. The van der Waals surface area contributed by atoms with Gasteiger partial charge in [-0.15, -0.1) is 0 Å². The Kier molecular flexibility index (Phi) is 23.3. The molecule has 140 valence electrons. The summed E-state index contributed by atoms with van der Waals surface area (Å²) in [6.07, 6.45) is 24.1. The van der Waals surface area contributed by atoms with Crippen LogP contribution in [0.25, 0.3) is 0 Å². The van der Waals surface area contributed by atoms with E-state index in [1.165, 1.54) is 77.0 Å². The van der Waals surface area contributed by atoms with Gasteiger partial charge in [-0.2, -0.15) is 0 Å². The van der Waals surface area contributed by atoms with E-state index in [-0.39, 0.29) is 0 Å². The molecule has 0 aliphatic heterocycles. The van der Waals surface area contributed by atoms with Crippen molar-refractivity contribution in [1.82, 2.24) is 0 Å². The van der Waals surface area contributed by atoms with E-state index in [0.29, 0.717) is 26.6 Å². The zero-order chi connectivity index (χ0) is 16.8. The van der Waals surface area contributed by atoms with Crippen molar-refractivity contribution in [2.45, 2.75) is 129 Å². The van der Waals surface area contributed by atoms with Gasteiger partial charge in [0.25, 0.3) is 0 Å². The fourth-order valence-corrected chi connectivity index (χ4v) is 20.8. The van der Waals surface area contributed by atoms with Crippen LogP contribution in [0.15, 0.2) is 0 Å². The van der Waals surface area contributed by atoms with E-state index in [0.717, 1.165) is 0 Å². The third-order valence-electron chi connectivity index (χ3n) is 5.21. The number of hydrogen-bond acceptors (Lipinski definition) is 0. The molecule has 0 spiro atoms. The standard InChI is InChI=1S/C20H48Si3/c1-3-5-7-9-11-13-15-17-19-21-23-22-20-18-16-14-12-10-8-6-4-2/h3-23H2,1-2H3. The molecule has 3 heteroatoms. The quantitative estimate of drug-likeness (QED) is 0.197. The van der Waals surface area contributed by atoms with Crippen molar-refractivity contribution in [3.8, 4) is 0 Å². The van der Waals surface area contributed by atoms with E-state index < -0.39 is 0 Å². The highest BCUT2D eigenvalue weighted by Crippen LogP contribution is 2.10. The van der Waals surface area contributed by atoms with Crippen molar-refractivity contribution in [2.24, 2.45) is 0 Å². The normalized spacial score (nSPS) is 12.8. The molecule has 0 atom stereocenters. The fourth-order valence-electron chi connectivity index (χ4n) is 3.51. The maximum Gasteiger partial charge on any atom is 0.00493 e. The Morgan fingerprint density at radius 3 is 1.04 bits per heavy atom. The zero-order valence-corrected chi connectivity index (χ0v) is 21.1. The monoisotopic (exact) mass is 372 g/mol. The lowest BCUT2D eigenvalue weighted by Gasteiger charge is -2.03. The Morgan fingerprint density at radius 2 is 0.696 bits per heavy atom. The largest absolute Gasteiger partial charge is 0.0654 e. The van der Waals surface area contributed by atoms with Crippen molar-refractivity contribution in [3.05, 3.63) is 0 Å². The molecule has 0 fully saturated rings. The number of rotatable bonds is 20. The summed E-state index contributed by atoms with van der Waals surface area (Å²) in [5.41, 5.74) is 0. The number of hydrogen-bond donors (Lipinski definition) is 0. The number of unbranched alkanes of at least 4 members (excludes halogenated alkanes) is 14. The predicted octanol–water partition coefficient (Wildman–Crippen LogP) is 5.44. The first-order valence-electron chi connectivity index (χ1n) is 11.4. The van der Waals surface area contributed by atoms with E-state index in [9.17, 15) is 0 Å². The third kappa shape index (κ3) is 22.7.